The van der Waals surface area contributed by atoms with Crippen molar-refractivity contribution in [2.24, 2.45) is 0 Å². The molecule has 0 spiro atoms. The maximum Gasteiger partial charge on any atom is 0.373 e. The Morgan fingerprint density at radius 1 is 1.11 bits per heavy atom. The molecule has 1 heterocycles. The second-order valence-electron chi connectivity index (χ2n) is 6.26. The van der Waals surface area contributed by atoms with Gasteiger partial charge in [-0.3, -0.25) is 4.79 Å². The van der Waals surface area contributed by atoms with Gasteiger partial charge in [-0.2, -0.15) is 5.06 Å². The third-order valence-corrected chi connectivity index (χ3v) is 5.73. The van der Waals surface area contributed by atoms with E-state index in [4.69, 9.17) is 16.4 Å². The number of thiophene rings is 1. The van der Waals surface area contributed by atoms with Crippen molar-refractivity contribution >= 4 is 50.7 Å². The van der Waals surface area contributed by atoms with Crippen molar-refractivity contribution in [3.05, 3.63) is 79.9 Å². The number of hydrogen-bond donors (Lipinski definition) is 0. The van der Waals surface area contributed by atoms with Crippen LogP contribution in [0.1, 0.15) is 33.9 Å². The molecule has 0 unspecified atom stereocenters. The van der Waals surface area contributed by atoms with Crippen LogP contribution in [0.4, 0.5) is 0 Å². The summed E-state index contributed by atoms with van der Waals surface area (Å²) in [7, 11) is 0. The topological polar surface area (TPSA) is 46.6 Å². The van der Waals surface area contributed by atoms with Crippen molar-refractivity contribution < 1.29 is 14.4 Å². The van der Waals surface area contributed by atoms with Crippen LogP contribution in [-0.2, 0) is 4.84 Å². The summed E-state index contributed by atoms with van der Waals surface area (Å²) in [5.41, 5.74) is 2.05. The summed E-state index contributed by atoms with van der Waals surface area (Å²) < 4.78 is 0.535. The Morgan fingerprint density at radius 2 is 1.82 bits per heavy atom. The van der Waals surface area contributed by atoms with Gasteiger partial charge in [-0.15, -0.1) is 11.3 Å². The van der Waals surface area contributed by atoms with E-state index in [0.717, 1.165) is 16.2 Å². The number of rotatable bonds is 4. The van der Waals surface area contributed by atoms with Gasteiger partial charge in [-0.25, -0.2) is 4.79 Å². The molecule has 2 aromatic carbocycles. The van der Waals surface area contributed by atoms with E-state index in [1.54, 1.807) is 32.0 Å². The van der Waals surface area contributed by atoms with E-state index < -0.39 is 11.9 Å². The molecule has 0 N–H and O–H groups in total. The fourth-order valence-electron chi connectivity index (χ4n) is 2.61. The van der Waals surface area contributed by atoms with Crippen LogP contribution in [0.3, 0.4) is 0 Å². The van der Waals surface area contributed by atoms with Crippen LogP contribution >= 0.6 is 38.9 Å². The lowest BCUT2D eigenvalue weighted by atomic mass is 10.1. The van der Waals surface area contributed by atoms with Gasteiger partial charge in [-0.05, 0) is 65.0 Å². The molecule has 28 heavy (non-hydrogen) atoms. The van der Waals surface area contributed by atoms with Gasteiger partial charge >= 0.3 is 5.97 Å². The molecule has 1 aromatic heterocycles. The van der Waals surface area contributed by atoms with E-state index in [2.05, 4.69) is 15.9 Å². The van der Waals surface area contributed by atoms with Gasteiger partial charge in [0, 0.05) is 15.1 Å². The van der Waals surface area contributed by atoms with E-state index in [0.29, 0.717) is 19.9 Å². The van der Waals surface area contributed by atoms with Crippen molar-refractivity contribution in [3.8, 4) is 11.1 Å². The third-order valence-electron chi connectivity index (χ3n) is 3.95. The number of carbonyl (C=O) groups is 2. The SMILES string of the molecule is CC(C)N(OC(=O)c1sccc1-c1ccccc1)C(=O)c1ccc(Cl)cc1Br. The van der Waals surface area contributed by atoms with Gasteiger partial charge in [-0.1, -0.05) is 41.9 Å². The maximum atomic E-state index is 13.0. The molecule has 0 aliphatic heterocycles. The monoisotopic (exact) mass is 477 g/mol. The highest BCUT2D eigenvalue weighted by Gasteiger charge is 2.27. The van der Waals surface area contributed by atoms with E-state index in [1.807, 2.05) is 41.8 Å². The van der Waals surface area contributed by atoms with Gasteiger partial charge in [0.15, 0.2) is 0 Å². The first-order valence-electron chi connectivity index (χ1n) is 8.52. The smallest absolute Gasteiger partial charge is 0.331 e. The minimum Gasteiger partial charge on any atom is -0.331 e. The number of hydroxylamine groups is 2. The second-order valence-corrected chi connectivity index (χ2v) is 8.46. The molecule has 0 aliphatic carbocycles. The lowest BCUT2D eigenvalue weighted by Gasteiger charge is -2.25. The highest BCUT2D eigenvalue weighted by atomic mass is 79.9. The number of amides is 1. The highest BCUT2D eigenvalue weighted by Crippen LogP contribution is 2.30. The molecule has 0 aliphatic rings. The molecule has 3 rings (SSSR count). The minimum absolute atomic E-state index is 0.348. The summed E-state index contributed by atoms with van der Waals surface area (Å²) in [4.78, 5) is 31.8. The van der Waals surface area contributed by atoms with E-state index >= 15 is 0 Å². The van der Waals surface area contributed by atoms with Crippen LogP contribution in [-0.4, -0.2) is 23.0 Å². The zero-order valence-corrected chi connectivity index (χ0v) is 18.3. The third kappa shape index (κ3) is 4.46. The summed E-state index contributed by atoms with van der Waals surface area (Å²) >= 11 is 10.6. The van der Waals surface area contributed by atoms with Crippen molar-refractivity contribution in [1.82, 2.24) is 5.06 Å². The fourth-order valence-corrected chi connectivity index (χ4v) is 4.25. The van der Waals surface area contributed by atoms with Gasteiger partial charge in [0.05, 0.1) is 11.6 Å². The number of carbonyl (C=O) groups excluding carboxylic acids is 2. The molecule has 1 amide bonds. The Kier molecular flexibility index (Phi) is 6.54. The second kappa shape index (κ2) is 8.90. The molecular formula is C21H17BrClNO3S. The lowest BCUT2D eigenvalue weighted by Crippen LogP contribution is -2.39. The number of nitrogens with zero attached hydrogens (tertiary/aromatic N) is 1. The molecule has 0 radical (unpaired) electrons. The molecule has 3 aromatic rings. The highest BCUT2D eigenvalue weighted by molar-refractivity contribution is 9.10. The molecule has 0 saturated heterocycles. The standard InChI is InChI=1S/C21H17BrClNO3S/c1-13(2)24(20(25)17-9-8-15(23)12-18(17)22)27-21(26)19-16(10-11-28-19)14-6-4-3-5-7-14/h3-13H,1-2H3. The Labute approximate surface area is 180 Å². The Bertz CT molecular complexity index is 1000. The Hall–Kier alpha value is -2.15. The predicted molar refractivity (Wildman–Crippen MR) is 116 cm³/mol. The van der Waals surface area contributed by atoms with Crippen LogP contribution in [0, 0.1) is 0 Å². The van der Waals surface area contributed by atoms with Crippen molar-refractivity contribution in [2.45, 2.75) is 19.9 Å². The molecule has 4 nitrogen and oxygen atoms in total. The van der Waals surface area contributed by atoms with Crippen molar-refractivity contribution in [3.63, 3.8) is 0 Å². The molecule has 0 saturated carbocycles. The molecule has 7 heteroatoms. The Morgan fingerprint density at radius 3 is 2.46 bits per heavy atom. The summed E-state index contributed by atoms with van der Waals surface area (Å²) in [6.07, 6.45) is 0. The predicted octanol–water partition coefficient (Wildman–Crippen LogP) is 6.45. The first-order valence-corrected chi connectivity index (χ1v) is 10.6. The normalized spacial score (nSPS) is 10.8. The first kappa shape index (κ1) is 20.6. The van der Waals surface area contributed by atoms with Crippen molar-refractivity contribution in [1.29, 1.82) is 0 Å². The number of benzene rings is 2. The largest absolute Gasteiger partial charge is 0.373 e. The maximum absolute atomic E-state index is 13.0. The summed E-state index contributed by atoms with van der Waals surface area (Å²) in [6.45, 7) is 3.56. The number of halogens is 2. The molecule has 0 bridgehead atoms. The van der Waals surface area contributed by atoms with Crippen LogP contribution < -0.4 is 0 Å². The van der Waals surface area contributed by atoms with E-state index in [1.165, 1.54) is 11.3 Å². The average Bonchev–Trinajstić information content (AvgIpc) is 3.16. The lowest BCUT2D eigenvalue weighted by molar-refractivity contribution is -0.0980. The molecule has 0 atom stereocenters. The van der Waals surface area contributed by atoms with Crippen LogP contribution in [0.5, 0.6) is 0 Å². The van der Waals surface area contributed by atoms with Crippen LogP contribution in [0.25, 0.3) is 11.1 Å². The van der Waals surface area contributed by atoms with E-state index in [9.17, 15) is 9.59 Å². The van der Waals surface area contributed by atoms with Gasteiger partial charge < -0.3 is 4.84 Å². The average molecular weight is 479 g/mol. The quantitative estimate of drug-likeness (QED) is 0.405. The molecular weight excluding hydrogens is 462 g/mol. The number of hydrogen-bond acceptors (Lipinski definition) is 4. The molecule has 144 valence electrons. The summed E-state index contributed by atoms with van der Waals surface area (Å²) in [5, 5.41) is 3.42. The van der Waals surface area contributed by atoms with Crippen LogP contribution in [0.2, 0.25) is 5.02 Å². The zero-order chi connectivity index (χ0) is 20.3. The van der Waals surface area contributed by atoms with Crippen molar-refractivity contribution in [2.75, 3.05) is 0 Å². The fraction of sp³-hybridized carbons (Fsp3) is 0.143. The first-order chi connectivity index (χ1) is 13.4. The summed E-state index contributed by atoms with van der Waals surface area (Å²) in [6, 6.07) is 15.9. The summed E-state index contributed by atoms with van der Waals surface area (Å²) in [5.74, 6) is -0.995. The minimum atomic E-state index is -0.569. The zero-order valence-electron chi connectivity index (χ0n) is 15.2. The Balaban J connectivity index is 1.87. The van der Waals surface area contributed by atoms with Gasteiger partial charge in [0.2, 0.25) is 0 Å². The van der Waals surface area contributed by atoms with Gasteiger partial charge in [0.1, 0.15) is 4.88 Å². The van der Waals surface area contributed by atoms with E-state index in [-0.39, 0.29) is 6.04 Å². The van der Waals surface area contributed by atoms with Crippen LogP contribution in [0.15, 0.2) is 64.5 Å². The molecule has 0 fully saturated rings. The van der Waals surface area contributed by atoms with Gasteiger partial charge in [0.25, 0.3) is 5.91 Å².